The monoisotopic (exact) mass is 364 g/mol. The average Bonchev–Trinajstić information content (AvgIpc) is 2.61. The highest BCUT2D eigenvalue weighted by Gasteiger charge is 2.54. The van der Waals surface area contributed by atoms with E-state index in [2.05, 4.69) is 40.2 Å². The smallest absolute Gasteiger partial charge is 0.213 e. The maximum Gasteiger partial charge on any atom is 0.213 e. The minimum Gasteiger partial charge on any atom is -0.384 e. The van der Waals surface area contributed by atoms with Crippen LogP contribution in [0.3, 0.4) is 0 Å². The molecule has 2 aliphatic rings. The van der Waals surface area contributed by atoms with Crippen LogP contribution in [-0.4, -0.2) is 68.0 Å². The summed E-state index contributed by atoms with van der Waals surface area (Å²) in [5.41, 5.74) is 1.17. The number of hydrogen-bond donors (Lipinski definition) is 1. The van der Waals surface area contributed by atoms with Gasteiger partial charge in [0.15, 0.2) is 6.04 Å². The third-order valence-corrected chi connectivity index (χ3v) is 5.52. The molecule has 6 atom stereocenters. The Morgan fingerprint density at radius 2 is 1.85 bits per heavy atom. The van der Waals surface area contributed by atoms with Crippen LogP contribution in [0.5, 0.6) is 0 Å². The number of likely N-dealkylation sites (N-methyl/N-ethyl adjacent to an activating group) is 1. The number of quaternary nitrogens is 1. The molecule has 1 N–H and O–H groups in total. The number of ether oxygens (including phenoxy) is 3. The summed E-state index contributed by atoms with van der Waals surface area (Å²) in [7, 11) is 6.22. The second-order valence-electron chi connectivity index (χ2n) is 8.44. The number of unbranched alkanes of at least 4 members (excludes halogenated alkanes) is 1. The molecule has 0 aliphatic carbocycles. The number of hydrogen-bond acceptors (Lipinski definition) is 4. The van der Waals surface area contributed by atoms with Crippen molar-refractivity contribution in [2.45, 2.75) is 69.4 Å². The highest BCUT2D eigenvalue weighted by molar-refractivity contribution is 5.18. The van der Waals surface area contributed by atoms with Gasteiger partial charge in [-0.05, 0) is 24.8 Å². The molecule has 6 unspecified atom stereocenters. The number of nitrogens with zero attached hydrogens (tertiary/aromatic N) is 1. The number of benzene rings is 1. The third kappa shape index (κ3) is 4.29. The van der Waals surface area contributed by atoms with Crippen LogP contribution in [0.15, 0.2) is 30.3 Å². The second-order valence-corrected chi connectivity index (χ2v) is 8.44. The molecule has 3 rings (SSSR count). The van der Waals surface area contributed by atoms with Gasteiger partial charge < -0.3 is 23.8 Å². The quantitative estimate of drug-likeness (QED) is 0.623. The van der Waals surface area contributed by atoms with Crippen molar-refractivity contribution < 1.29 is 23.8 Å². The standard InChI is InChI=1S/C21H34NO4/c1-5-6-14-24-21-18(22(2,3)4)19(23)20-17(26-21)13-12-16(25-20)15-10-8-7-9-11-15/h7-11,16-21,23H,5-6,12-14H2,1-4H3/q+1. The maximum atomic E-state index is 11.2. The molecule has 2 heterocycles. The van der Waals surface area contributed by atoms with Crippen LogP contribution in [0.4, 0.5) is 0 Å². The molecule has 0 amide bonds. The molecule has 0 radical (unpaired) electrons. The highest BCUT2D eigenvalue weighted by atomic mass is 16.7. The van der Waals surface area contributed by atoms with Crippen molar-refractivity contribution >= 4 is 0 Å². The third-order valence-electron chi connectivity index (χ3n) is 5.52. The molecule has 2 saturated heterocycles. The van der Waals surface area contributed by atoms with Gasteiger partial charge in [-0.1, -0.05) is 43.7 Å². The molecule has 1 aromatic carbocycles. The summed E-state index contributed by atoms with van der Waals surface area (Å²) in [6.07, 6.45) is 2.43. The van der Waals surface area contributed by atoms with Crippen molar-refractivity contribution in [2.75, 3.05) is 27.7 Å². The van der Waals surface area contributed by atoms with Gasteiger partial charge in [-0.15, -0.1) is 0 Å². The van der Waals surface area contributed by atoms with Crippen LogP contribution < -0.4 is 0 Å². The number of fused-ring (bicyclic) bond motifs is 1. The van der Waals surface area contributed by atoms with Crippen molar-refractivity contribution in [3.63, 3.8) is 0 Å². The van der Waals surface area contributed by atoms with Crippen molar-refractivity contribution in [1.29, 1.82) is 0 Å². The highest BCUT2D eigenvalue weighted by Crippen LogP contribution is 2.39. The molecule has 5 nitrogen and oxygen atoms in total. The molecule has 0 spiro atoms. The first kappa shape index (κ1) is 19.8. The van der Waals surface area contributed by atoms with Gasteiger partial charge in [-0.2, -0.15) is 0 Å². The Kier molecular flexibility index (Phi) is 6.36. The molecule has 2 fully saturated rings. The summed E-state index contributed by atoms with van der Waals surface area (Å²) in [4.78, 5) is 0. The van der Waals surface area contributed by atoms with E-state index in [1.807, 2.05) is 18.2 Å². The zero-order chi connectivity index (χ0) is 18.7. The predicted molar refractivity (Wildman–Crippen MR) is 101 cm³/mol. The molecule has 5 heteroatoms. The van der Waals surface area contributed by atoms with Gasteiger partial charge >= 0.3 is 0 Å². The van der Waals surface area contributed by atoms with Crippen LogP contribution in [0.1, 0.15) is 44.3 Å². The van der Waals surface area contributed by atoms with Gasteiger partial charge in [0.2, 0.25) is 6.29 Å². The SMILES string of the molecule is CCCCOC1OC2CCC(c3ccccc3)OC2C(O)C1[N+](C)(C)C. The molecule has 0 saturated carbocycles. The first-order valence-electron chi connectivity index (χ1n) is 9.88. The first-order chi connectivity index (χ1) is 12.4. The Morgan fingerprint density at radius 1 is 1.12 bits per heavy atom. The summed E-state index contributed by atoms with van der Waals surface area (Å²) >= 11 is 0. The molecule has 1 aromatic rings. The van der Waals surface area contributed by atoms with E-state index in [4.69, 9.17) is 14.2 Å². The topological polar surface area (TPSA) is 47.9 Å². The molecule has 26 heavy (non-hydrogen) atoms. The first-order valence-corrected chi connectivity index (χ1v) is 9.88. The molecule has 146 valence electrons. The molecule has 0 aromatic heterocycles. The van der Waals surface area contributed by atoms with Gasteiger partial charge in [-0.3, -0.25) is 0 Å². The lowest BCUT2D eigenvalue weighted by molar-refractivity contribution is -0.910. The Hall–Kier alpha value is -0.980. The van der Waals surface area contributed by atoms with Crippen molar-refractivity contribution in [2.24, 2.45) is 0 Å². The van der Waals surface area contributed by atoms with Crippen molar-refractivity contribution in [3.05, 3.63) is 35.9 Å². The van der Waals surface area contributed by atoms with Crippen LogP contribution in [-0.2, 0) is 14.2 Å². The van der Waals surface area contributed by atoms with Crippen LogP contribution in [0, 0.1) is 0 Å². The lowest BCUT2D eigenvalue weighted by Gasteiger charge is -2.51. The molecule has 0 bridgehead atoms. The fraction of sp³-hybridized carbons (Fsp3) is 0.714. The summed E-state index contributed by atoms with van der Waals surface area (Å²) in [6.45, 7) is 2.81. The van der Waals surface area contributed by atoms with Gasteiger partial charge in [0.25, 0.3) is 0 Å². The van der Waals surface area contributed by atoms with Gasteiger partial charge in [0.1, 0.15) is 12.2 Å². The average molecular weight is 365 g/mol. The van der Waals surface area contributed by atoms with Crippen LogP contribution in [0.2, 0.25) is 0 Å². The van der Waals surface area contributed by atoms with E-state index in [1.54, 1.807) is 0 Å². The molecule has 2 aliphatic heterocycles. The Bertz CT molecular complexity index is 559. The second kappa shape index (κ2) is 8.36. The minimum atomic E-state index is -0.619. The zero-order valence-electron chi connectivity index (χ0n) is 16.5. The van der Waals surface area contributed by atoms with E-state index in [1.165, 1.54) is 5.56 Å². The Labute approximate surface area is 157 Å². The predicted octanol–water partition coefficient (Wildman–Crippen LogP) is 2.88. The van der Waals surface area contributed by atoms with E-state index in [0.717, 1.165) is 25.7 Å². The van der Waals surface area contributed by atoms with E-state index in [0.29, 0.717) is 11.1 Å². The van der Waals surface area contributed by atoms with Gasteiger partial charge in [0.05, 0.1) is 33.4 Å². The lowest BCUT2D eigenvalue weighted by atomic mass is 9.88. The van der Waals surface area contributed by atoms with Gasteiger partial charge in [0, 0.05) is 6.61 Å². The molecular formula is C21H34NO4+. The van der Waals surface area contributed by atoms with Crippen molar-refractivity contribution in [1.82, 2.24) is 0 Å². The van der Waals surface area contributed by atoms with Crippen LogP contribution >= 0.6 is 0 Å². The number of rotatable bonds is 6. The van der Waals surface area contributed by atoms with E-state index in [-0.39, 0.29) is 24.4 Å². The lowest BCUT2D eigenvalue weighted by Crippen LogP contribution is -2.69. The normalized spacial score (nSPS) is 35.1. The van der Waals surface area contributed by atoms with E-state index < -0.39 is 12.4 Å². The fourth-order valence-corrected chi connectivity index (χ4v) is 4.10. The summed E-state index contributed by atoms with van der Waals surface area (Å²) in [6, 6.07) is 10.1. The van der Waals surface area contributed by atoms with E-state index in [9.17, 15) is 5.11 Å². The summed E-state index contributed by atoms with van der Waals surface area (Å²) in [5.74, 6) is 0. The van der Waals surface area contributed by atoms with Gasteiger partial charge in [-0.25, -0.2) is 0 Å². The zero-order valence-corrected chi connectivity index (χ0v) is 16.5. The Balaban J connectivity index is 1.75. The number of aliphatic hydroxyl groups is 1. The summed E-state index contributed by atoms with van der Waals surface area (Å²) < 4.78 is 19.3. The summed E-state index contributed by atoms with van der Waals surface area (Å²) in [5, 5.41) is 11.2. The fourth-order valence-electron chi connectivity index (χ4n) is 4.10. The molecular weight excluding hydrogens is 330 g/mol. The number of aliphatic hydroxyl groups excluding tert-OH is 1. The van der Waals surface area contributed by atoms with E-state index >= 15 is 0 Å². The maximum absolute atomic E-state index is 11.2. The Morgan fingerprint density at radius 3 is 2.50 bits per heavy atom. The minimum absolute atomic E-state index is 0.0152. The largest absolute Gasteiger partial charge is 0.384 e. The van der Waals surface area contributed by atoms with Crippen molar-refractivity contribution in [3.8, 4) is 0 Å². The van der Waals surface area contributed by atoms with Crippen LogP contribution in [0.25, 0.3) is 0 Å².